The van der Waals surface area contributed by atoms with Gasteiger partial charge in [-0.05, 0) is 49.2 Å². The van der Waals surface area contributed by atoms with Crippen LogP contribution in [0.4, 0.5) is 0 Å². The largest absolute Gasteiger partial charge is 0.413 e. The molecule has 1 aromatic rings. The monoisotopic (exact) mass is 392 g/mol. The Balaban J connectivity index is 1.95. The number of rotatable bonds is 4. The van der Waals surface area contributed by atoms with E-state index >= 15 is 0 Å². The molecule has 26 heavy (non-hydrogen) atoms. The predicted molar refractivity (Wildman–Crippen MR) is 105 cm³/mol. The van der Waals surface area contributed by atoms with Crippen LogP contribution in [0.25, 0.3) is 0 Å². The summed E-state index contributed by atoms with van der Waals surface area (Å²) in [6.45, 7) is 10.9. The van der Waals surface area contributed by atoms with Crippen LogP contribution in [0.2, 0.25) is 18.1 Å². The summed E-state index contributed by atoms with van der Waals surface area (Å²) in [5, 5.41) is -1.01. The zero-order valence-corrected chi connectivity index (χ0v) is 18.0. The Bertz CT molecular complexity index is 834. The number of hydrogen-bond donors (Lipinski definition) is 0. The van der Waals surface area contributed by atoms with Crippen LogP contribution in [0.5, 0.6) is 0 Å². The fraction of sp³-hybridized carbons (Fsp3) is 0.550. The van der Waals surface area contributed by atoms with E-state index in [1.54, 1.807) is 36.4 Å². The van der Waals surface area contributed by atoms with E-state index in [9.17, 15) is 13.2 Å². The molecule has 0 aromatic heterocycles. The average Bonchev–Trinajstić information content (AvgIpc) is 3.05. The highest BCUT2D eigenvalue weighted by molar-refractivity contribution is 7.93. The van der Waals surface area contributed by atoms with Crippen molar-refractivity contribution in [1.29, 1.82) is 0 Å². The highest BCUT2D eigenvalue weighted by Gasteiger charge is 2.53. The third kappa shape index (κ3) is 3.23. The molecule has 0 aliphatic heterocycles. The van der Waals surface area contributed by atoms with Crippen LogP contribution < -0.4 is 0 Å². The molecule has 0 N–H and O–H groups in total. The van der Waals surface area contributed by atoms with Crippen molar-refractivity contribution in [1.82, 2.24) is 0 Å². The van der Waals surface area contributed by atoms with E-state index in [1.165, 1.54) is 0 Å². The molecule has 0 saturated heterocycles. The normalized spacial score (nSPS) is 26.7. The first-order valence-electron chi connectivity index (χ1n) is 9.16. The summed E-state index contributed by atoms with van der Waals surface area (Å²) in [5.41, 5.74) is 0.947. The standard InChI is InChI=1S/C20H28O4SSi/c1-20(2,3)26(4,5)24-17-12-11-14-13-16(21)19(18(14)17)25(22,23)15-9-7-6-8-10-15/h6-10,13,17-19H,11-12H2,1-5H3/t17-,18+,19-/m0/s1. The highest BCUT2D eigenvalue weighted by Crippen LogP contribution is 2.47. The van der Waals surface area contributed by atoms with Crippen molar-refractivity contribution >= 4 is 23.9 Å². The third-order valence-corrected chi connectivity index (χ3v) is 12.8. The van der Waals surface area contributed by atoms with Gasteiger partial charge in [0, 0.05) is 5.92 Å². The van der Waals surface area contributed by atoms with Crippen LogP contribution in [-0.2, 0) is 19.1 Å². The maximum atomic E-state index is 13.2. The summed E-state index contributed by atoms with van der Waals surface area (Å²) in [4.78, 5) is 12.8. The number of carbonyl (C=O) groups is 1. The first-order valence-corrected chi connectivity index (χ1v) is 13.6. The predicted octanol–water partition coefficient (Wildman–Crippen LogP) is 4.14. The average molecular weight is 393 g/mol. The molecule has 3 atom stereocenters. The van der Waals surface area contributed by atoms with Gasteiger partial charge in [-0.25, -0.2) is 8.42 Å². The van der Waals surface area contributed by atoms with Gasteiger partial charge in [0.05, 0.1) is 11.0 Å². The van der Waals surface area contributed by atoms with Gasteiger partial charge in [0.15, 0.2) is 23.9 Å². The van der Waals surface area contributed by atoms with Crippen molar-refractivity contribution in [2.45, 2.75) is 68.0 Å². The van der Waals surface area contributed by atoms with Gasteiger partial charge < -0.3 is 4.43 Å². The molecule has 1 fully saturated rings. The van der Waals surface area contributed by atoms with Crippen LogP contribution in [0.3, 0.4) is 0 Å². The summed E-state index contributed by atoms with van der Waals surface area (Å²) in [5.74, 6) is -0.640. The maximum absolute atomic E-state index is 13.2. The third-order valence-electron chi connectivity index (χ3n) is 6.14. The lowest BCUT2D eigenvalue weighted by Crippen LogP contribution is -2.47. The van der Waals surface area contributed by atoms with E-state index in [4.69, 9.17) is 4.43 Å². The summed E-state index contributed by atoms with van der Waals surface area (Å²) in [6, 6.07) is 8.30. The molecule has 2 aliphatic rings. The van der Waals surface area contributed by atoms with Crippen LogP contribution in [0.1, 0.15) is 33.6 Å². The molecule has 142 valence electrons. The number of hydrogen-bond acceptors (Lipinski definition) is 4. The molecule has 0 spiro atoms. The zero-order chi connectivity index (χ0) is 19.3. The SMILES string of the molecule is CC(C)(C)[Si](C)(C)O[C@H]1CCC2=CC(=O)[C@H](S(=O)(=O)c3ccccc3)[C@H]21. The zero-order valence-electron chi connectivity index (χ0n) is 16.2. The first-order chi connectivity index (χ1) is 11.9. The second kappa shape index (κ2) is 6.43. The lowest BCUT2D eigenvalue weighted by molar-refractivity contribution is -0.114. The van der Waals surface area contributed by atoms with Crippen LogP contribution in [0.15, 0.2) is 46.9 Å². The molecule has 1 aromatic carbocycles. The fourth-order valence-corrected chi connectivity index (χ4v) is 7.00. The minimum absolute atomic E-state index is 0.0376. The second-order valence-electron chi connectivity index (χ2n) is 8.88. The molecule has 4 nitrogen and oxygen atoms in total. The van der Waals surface area contributed by atoms with E-state index in [0.717, 1.165) is 18.4 Å². The Kier molecular flexibility index (Phi) is 4.82. The summed E-state index contributed by atoms with van der Waals surface area (Å²) >= 11 is 0. The van der Waals surface area contributed by atoms with Crippen molar-refractivity contribution in [2.24, 2.45) is 5.92 Å². The maximum Gasteiger partial charge on any atom is 0.192 e. The first kappa shape index (κ1) is 19.5. The van der Waals surface area contributed by atoms with Crippen LogP contribution >= 0.6 is 0 Å². The van der Waals surface area contributed by atoms with Gasteiger partial charge in [-0.1, -0.05) is 44.5 Å². The molecule has 6 heteroatoms. The molecule has 3 rings (SSSR count). The fourth-order valence-electron chi connectivity index (χ4n) is 3.68. The van der Waals surface area contributed by atoms with Crippen molar-refractivity contribution in [3.05, 3.63) is 42.0 Å². The number of sulfone groups is 1. The smallest absolute Gasteiger partial charge is 0.192 e. The Morgan fingerprint density at radius 2 is 1.73 bits per heavy atom. The van der Waals surface area contributed by atoms with E-state index < -0.39 is 23.4 Å². The Hall–Kier alpha value is -1.24. The summed E-state index contributed by atoms with van der Waals surface area (Å²) in [7, 11) is -5.79. The van der Waals surface area contributed by atoms with E-state index in [1.807, 2.05) is 0 Å². The molecular weight excluding hydrogens is 364 g/mol. The Labute approximate surface area is 157 Å². The summed E-state index contributed by atoms with van der Waals surface area (Å²) in [6.07, 6.45) is 2.90. The van der Waals surface area contributed by atoms with Gasteiger partial charge in [-0.3, -0.25) is 4.79 Å². The lowest BCUT2D eigenvalue weighted by atomic mass is 10.0. The van der Waals surface area contributed by atoms with Gasteiger partial charge >= 0.3 is 0 Å². The van der Waals surface area contributed by atoms with Crippen molar-refractivity contribution in [3.63, 3.8) is 0 Å². The van der Waals surface area contributed by atoms with Gasteiger partial charge in [-0.2, -0.15) is 0 Å². The number of fused-ring (bicyclic) bond motifs is 1. The quantitative estimate of drug-likeness (QED) is 0.723. The van der Waals surface area contributed by atoms with Gasteiger partial charge in [0.1, 0.15) is 5.25 Å². The van der Waals surface area contributed by atoms with Crippen LogP contribution in [0, 0.1) is 5.92 Å². The van der Waals surface area contributed by atoms with E-state index in [0.29, 0.717) is 0 Å². The van der Waals surface area contributed by atoms with E-state index in [2.05, 4.69) is 33.9 Å². The number of ketones is 1. The minimum atomic E-state index is -3.73. The van der Waals surface area contributed by atoms with Crippen molar-refractivity contribution < 1.29 is 17.6 Å². The molecule has 0 bridgehead atoms. The molecule has 0 heterocycles. The summed E-state index contributed by atoms with van der Waals surface area (Å²) < 4.78 is 33.0. The Morgan fingerprint density at radius 1 is 1.12 bits per heavy atom. The molecular formula is C20H28O4SSi. The topological polar surface area (TPSA) is 60.4 Å². The number of allylic oxidation sites excluding steroid dienone is 1. The molecule has 1 saturated carbocycles. The number of carbonyl (C=O) groups excluding carboxylic acids is 1. The Morgan fingerprint density at radius 3 is 2.31 bits per heavy atom. The number of benzene rings is 1. The van der Waals surface area contributed by atoms with Gasteiger partial charge in [-0.15, -0.1) is 0 Å². The van der Waals surface area contributed by atoms with Crippen LogP contribution in [-0.4, -0.2) is 33.9 Å². The van der Waals surface area contributed by atoms with Crippen molar-refractivity contribution in [2.75, 3.05) is 0 Å². The lowest BCUT2D eigenvalue weighted by Gasteiger charge is -2.40. The van der Waals surface area contributed by atoms with Gasteiger partial charge in [0.25, 0.3) is 0 Å². The van der Waals surface area contributed by atoms with Crippen molar-refractivity contribution in [3.8, 4) is 0 Å². The second-order valence-corrected chi connectivity index (χ2v) is 15.7. The molecule has 0 unspecified atom stereocenters. The molecule has 0 radical (unpaired) electrons. The highest BCUT2D eigenvalue weighted by atomic mass is 32.2. The van der Waals surface area contributed by atoms with E-state index in [-0.39, 0.29) is 27.7 Å². The molecule has 0 amide bonds. The van der Waals surface area contributed by atoms with Gasteiger partial charge in [0.2, 0.25) is 0 Å². The molecule has 2 aliphatic carbocycles. The minimum Gasteiger partial charge on any atom is -0.413 e.